The summed E-state index contributed by atoms with van der Waals surface area (Å²) in [6.07, 6.45) is 3.41. The zero-order valence-corrected chi connectivity index (χ0v) is 16.8. The van der Waals surface area contributed by atoms with Crippen LogP contribution in [0, 0.1) is 0 Å². The molecule has 3 aromatic heterocycles. The van der Waals surface area contributed by atoms with E-state index in [4.69, 9.17) is 4.74 Å². The van der Waals surface area contributed by atoms with Gasteiger partial charge in [0.2, 0.25) is 0 Å². The molecule has 5 rings (SSSR count). The molecular formula is C21H18N6O2S. The monoisotopic (exact) mass is 418 g/mol. The van der Waals surface area contributed by atoms with Crippen molar-refractivity contribution in [2.24, 2.45) is 0 Å². The summed E-state index contributed by atoms with van der Waals surface area (Å²) < 4.78 is 5.38. The summed E-state index contributed by atoms with van der Waals surface area (Å²) >= 11 is 1.48. The first kappa shape index (κ1) is 18.6. The summed E-state index contributed by atoms with van der Waals surface area (Å²) in [5.74, 6) is 1.05. The van der Waals surface area contributed by atoms with Gasteiger partial charge in [0.05, 0.1) is 13.2 Å². The molecule has 1 N–H and O–H groups in total. The topological polar surface area (TPSA) is 93.1 Å². The SMILES string of the molecule is O=C(Nc1cc2cc(-c3nncs3)ccc2cn1)c1ccnc(N2CCOCC2)c1. The number of pyridine rings is 2. The molecule has 0 atom stereocenters. The molecule has 0 aliphatic carbocycles. The van der Waals surface area contributed by atoms with Crippen molar-refractivity contribution in [1.29, 1.82) is 0 Å². The quantitative estimate of drug-likeness (QED) is 0.544. The predicted octanol–water partition coefficient (Wildman–Crippen LogP) is 3.24. The number of carbonyl (C=O) groups is 1. The van der Waals surface area contributed by atoms with E-state index in [-0.39, 0.29) is 5.91 Å². The van der Waals surface area contributed by atoms with E-state index in [2.05, 4.69) is 30.4 Å². The maximum absolute atomic E-state index is 12.8. The average molecular weight is 418 g/mol. The maximum atomic E-state index is 12.8. The Kier molecular flexibility index (Phi) is 5.04. The Morgan fingerprint density at radius 1 is 1.07 bits per heavy atom. The zero-order valence-electron chi connectivity index (χ0n) is 16.0. The summed E-state index contributed by atoms with van der Waals surface area (Å²) in [7, 11) is 0. The first-order valence-electron chi connectivity index (χ1n) is 9.53. The minimum Gasteiger partial charge on any atom is -0.378 e. The Morgan fingerprint density at radius 2 is 1.97 bits per heavy atom. The van der Waals surface area contributed by atoms with Crippen LogP contribution in [0.15, 0.2) is 54.3 Å². The van der Waals surface area contributed by atoms with Gasteiger partial charge in [-0.3, -0.25) is 4.79 Å². The number of fused-ring (bicyclic) bond motifs is 1. The number of amides is 1. The molecule has 0 radical (unpaired) electrons. The lowest BCUT2D eigenvalue weighted by Gasteiger charge is -2.27. The molecule has 1 saturated heterocycles. The third kappa shape index (κ3) is 3.85. The van der Waals surface area contributed by atoms with E-state index >= 15 is 0 Å². The number of carbonyl (C=O) groups excluding carboxylic acids is 1. The van der Waals surface area contributed by atoms with Gasteiger partial charge < -0.3 is 15.0 Å². The number of morpholine rings is 1. The molecule has 4 heterocycles. The van der Waals surface area contributed by atoms with Gasteiger partial charge in [-0.15, -0.1) is 10.2 Å². The molecule has 150 valence electrons. The molecule has 1 aromatic carbocycles. The van der Waals surface area contributed by atoms with E-state index in [1.54, 1.807) is 30.0 Å². The average Bonchev–Trinajstić information content (AvgIpc) is 3.34. The first-order valence-corrected chi connectivity index (χ1v) is 10.4. The summed E-state index contributed by atoms with van der Waals surface area (Å²) in [6.45, 7) is 2.86. The highest BCUT2D eigenvalue weighted by Crippen LogP contribution is 2.26. The second kappa shape index (κ2) is 8.13. The fourth-order valence-corrected chi connectivity index (χ4v) is 3.91. The lowest BCUT2D eigenvalue weighted by molar-refractivity contribution is 0.102. The Balaban J connectivity index is 1.37. The van der Waals surface area contributed by atoms with Crippen molar-refractivity contribution in [1.82, 2.24) is 20.2 Å². The maximum Gasteiger partial charge on any atom is 0.257 e. The Bertz CT molecular complexity index is 1190. The normalized spacial score (nSPS) is 14.1. The van der Waals surface area contributed by atoms with Crippen molar-refractivity contribution >= 4 is 39.7 Å². The van der Waals surface area contributed by atoms with Gasteiger partial charge >= 0.3 is 0 Å². The van der Waals surface area contributed by atoms with Gasteiger partial charge in [0.1, 0.15) is 22.2 Å². The molecule has 4 aromatic rings. The van der Waals surface area contributed by atoms with Gasteiger partial charge in [-0.1, -0.05) is 23.5 Å². The highest BCUT2D eigenvalue weighted by molar-refractivity contribution is 7.12. The van der Waals surface area contributed by atoms with Crippen LogP contribution in [0.2, 0.25) is 0 Å². The fourth-order valence-electron chi connectivity index (χ4n) is 3.35. The lowest BCUT2D eigenvalue weighted by Crippen LogP contribution is -2.36. The standard InChI is InChI=1S/C21H18N6O2S/c28-20(14-3-4-22-19(11-14)27-5-7-29-8-6-27)25-18-10-17-9-15(21-26-24-13-30-21)1-2-16(17)12-23-18/h1-4,9-13H,5-8H2,(H,23,25,28). The van der Waals surface area contributed by atoms with Crippen molar-refractivity contribution in [2.75, 3.05) is 36.5 Å². The summed E-state index contributed by atoms with van der Waals surface area (Å²) in [5, 5.41) is 13.7. The Hall–Kier alpha value is -3.43. The van der Waals surface area contributed by atoms with Crippen LogP contribution in [0.1, 0.15) is 10.4 Å². The van der Waals surface area contributed by atoms with Crippen LogP contribution in [-0.4, -0.2) is 52.4 Å². The molecule has 1 amide bonds. The van der Waals surface area contributed by atoms with Gasteiger partial charge in [-0.05, 0) is 29.7 Å². The molecule has 1 aliphatic heterocycles. The Labute approximate surface area is 176 Å². The van der Waals surface area contributed by atoms with Crippen LogP contribution >= 0.6 is 11.3 Å². The highest BCUT2D eigenvalue weighted by atomic mass is 32.1. The number of anilines is 2. The number of hydrogen-bond donors (Lipinski definition) is 1. The van der Waals surface area contributed by atoms with Crippen LogP contribution in [-0.2, 0) is 4.74 Å². The number of benzene rings is 1. The van der Waals surface area contributed by atoms with E-state index in [0.717, 1.165) is 40.3 Å². The van der Waals surface area contributed by atoms with Crippen LogP contribution < -0.4 is 10.2 Å². The largest absolute Gasteiger partial charge is 0.378 e. The number of nitrogens with one attached hydrogen (secondary N) is 1. The summed E-state index contributed by atoms with van der Waals surface area (Å²) in [6, 6.07) is 11.4. The highest BCUT2D eigenvalue weighted by Gasteiger charge is 2.15. The Morgan fingerprint density at radius 3 is 2.80 bits per heavy atom. The molecule has 0 unspecified atom stereocenters. The molecule has 1 aliphatic rings. The zero-order chi connectivity index (χ0) is 20.3. The van der Waals surface area contributed by atoms with Crippen molar-refractivity contribution in [3.05, 3.63) is 59.9 Å². The number of aromatic nitrogens is 4. The predicted molar refractivity (Wildman–Crippen MR) is 116 cm³/mol. The minimum atomic E-state index is -0.223. The number of ether oxygens (including phenoxy) is 1. The molecule has 8 nitrogen and oxygen atoms in total. The number of rotatable bonds is 4. The summed E-state index contributed by atoms with van der Waals surface area (Å²) in [4.78, 5) is 23.7. The van der Waals surface area contributed by atoms with Gasteiger partial charge in [0, 0.05) is 42.0 Å². The third-order valence-electron chi connectivity index (χ3n) is 4.91. The van der Waals surface area contributed by atoms with Gasteiger partial charge in [-0.2, -0.15) is 0 Å². The van der Waals surface area contributed by atoms with Crippen molar-refractivity contribution in [3.8, 4) is 10.6 Å². The number of hydrogen-bond acceptors (Lipinski definition) is 8. The third-order valence-corrected chi connectivity index (χ3v) is 5.65. The van der Waals surface area contributed by atoms with Crippen LogP contribution in [0.25, 0.3) is 21.3 Å². The molecule has 30 heavy (non-hydrogen) atoms. The molecule has 0 spiro atoms. The first-order chi connectivity index (χ1) is 14.8. The molecule has 0 saturated carbocycles. The second-order valence-corrected chi connectivity index (χ2v) is 7.66. The molecule has 9 heteroatoms. The molecule has 1 fully saturated rings. The minimum absolute atomic E-state index is 0.223. The smallest absolute Gasteiger partial charge is 0.257 e. The second-order valence-electron chi connectivity index (χ2n) is 6.83. The van der Waals surface area contributed by atoms with Crippen LogP contribution in [0.3, 0.4) is 0 Å². The van der Waals surface area contributed by atoms with E-state index in [1.165, 1.54) is 11.3 Å². The van der Waals surface area contributed by atoms with Crippen LogP contribution in [0.5, 0.6) is 0 Å². The van der Waals surface area contributed by atoms with Gasteiger partial charge in [-0.25, -0.2) is 9.97 Å². The fraction of sp³-hybridized carbons (Fsp3) is 0.190. The van der Waals surface area contributed by atoms with Crippen LogP contribution in [0.4, 0.5) is 11.6 Å². The van der Waals surface area contributed by atoms with Gasteiger partial charge in [0.25, 0.3) is 5.91 Å². The van der Waals surface area contributed by atoms with Crippen molar-refractivity contribution in [2.45, 2.75) is 0 Å². The lowest BCUT2D eigenvalue weighted by atomic mass is 10.1. The molecule has 0 bridgehead atoms. The number of nitrogens with zero attached hydrogens (tertiary/aromatic N) is 5. The van der Waals surface area contributed by atoms with E-state index in [0.29, 0.717) is 24.6 Å². The summed E-state index contributed by atoms with van der Waals surface area (Å²) in [5.41, 5.74) is 3.23. The molecular weight excluding hydrogens is 400 g/mol. The van der Waals surface area contributed by atoms with Gasteiger partial charge in [0.15, 0.2) is 0 Å². The van der Waals surface area contributed by atoms with E-state index < -0.39 is 0 Å². The van der Waals surface area contributed by atoms with Crippen molar-refractivity contribution < 1.29 is 9.53 Å². The van der Waals surface area contributed by atoms with Crippen molar-refractivity contribution in [3.63, 3.8) is 0 Å². The van der Waals surface area contributed by atoms with E-state index in [1.807, 2.05) is 24.3 Å². The van der Waals surface area contributed by atoms with E-state index in [9.17, 15) is 4.79 Å².